The second-order valence-electron chi connectivity index (χ2n) is 6.40. The summed E-state index contributed by atoms with van der Waals surface area (Å²) in [4.78, 5) is 26.5. The Labute approximate surface area is 164 Å². The van der Waals surface area contributed by atoms with Crippen molar-refractivity contribution in [3.63, 3.8) is 0 Å². The van der Waals surface area contributed by atoms with E-state index in [1.165, 1.54) is 0 Å². The highest BCUT2D eigenvalue weighted by atomic mass is 16.5. The Hall–Kier alpha value is -3.28. The topological polar surface area (TPSA) is 71.8 Å². The molecule has 0 aliphatic rings. The van der Waals surface area contributed by atoms with Crippen LogP contribution < -0.4 is 10.1 Å². The standard InChI is InChI=1S/C22H24N2O4/c1-4-24(5-2)22(26)15-6-8-17(9-7-15)23-21(25)12-16-14-28-20-13-18(27-3)10-11-19(16)20/h6-11,13-14H,4-5,12H2,1-3H3,(H,23,25). The van der Waals surface area contributed by atoms with E-state index in [1.54, 1.807) is 48.6 Å². The van der Waals surface area contributed by atoms with Gasteiger partial charge >= 0.3 is 0 Å². The summed E-state index contributed by atoms with van der Waals surface area (Å²) in [6, 6.07) is 12.5. The number of hydrogen-bond acceptors (Lipinski definition) is 4. The van der Waals surface area contributed by atoms with Crippen LogP contribution >= 0.6 is 0 Å². The third-order valence-corrected chi connectivity index (χ3v) is 4.68. The Balaban J connectivity index is 1.66. The molecule has 146 valence electrons. The molecule has 0 fully saturated rings. The third kappa shape index (κ3) is 4.17. The number of furan rings is 1. The van der Waals surface area contributed by atoms with Crippen LogP contribution in [0.5, 0.6) is 5.75 Å². The monoisotopic (exact) mass is 380 g/mol. The maximum absolute atomic E-state index is 12.4. The largest absolute Gasteiger partial charge is 0.497 e. The van der Waals surface area contributed by atoms with Crippen molar-refractivity contribution in [2.24, 2.45) is 0 Å². The molecule has 2 aromatic carbocycles. The van der Waals surface area contributed by atoms with Crippen molar-refractivity contribution in [1.82, 2.24) is 4.90 Å². The van der Waals surface area contributed by atoms with Crippen molar-refractivity contribution < 1.29 is 18.7 Å². The summed E-state index contributed by atoms with van der Waals surface area (Å²) >= 11 is 0. The molecule has 0 saturated carbocycles. The zero-order chi connectivity index (χ0) is 20.1. The molecular formula is C22H24N2O4. The third-order valence-electron chi connectivity index (χ3n) is 4.68. The quantitative estimate of drug-likeness (QED) is 0.670. The highest BCUT2D eigenvalue weighted by molar-refractivity contribution is 5.97. The van der Waals surface area contributed by atoms with Crippen LogP contribution in [-0.4, -0.2) is 36.9 Å². The van der Waals surface area contributed by atoms with Crippen LogP contribution in [0.25, 0.3) is 11.0 Å². The first-order valence-corrected chi connectivity index (χ1v) is 9.29. The molecule has 3 rings (SSSR count). The molecule has 0 bridgehead atoms. The van der Waals surface area contributed by atoms with E-state index in [4.69, 9.17) is 9.15 Å². The molecule has 3 aromatic rings. The lowest BCUT2D eigenvalue weighted by molar-refractivity contribution is -0.115. The van der Waals surface area contributed by atoms with E-state index in [0.29, 0.717) is 35.7 Å². The predicted octanol–water partition coefficient (Wildman–Crippen LogP) is 4.10. The lowest BCUT2D eigenvalue weighted by Crippen LogP contribution is -2.30. The number of nitrogens with one attached hydrogen (secondary N) is 1. The van der Waals surface area contributed by atoms with Gasteiger partial charge in [-0.3, -0.25) is 9.59 Å². The molecule has 28 heavy (non-hydrogen) atoms. The summed E-state index contributed by atoms with van der Waals surface area (Å²) in [7, 11) is 1.60. The van der Waals surface area contributed by atoms with E-state index in [1.807, 2.05) is 26.0 Å². The van der Waals surface area contributed by atoms with Crippen LogP contribution in [0.3, 0.4) is 0 Å². The molecule has 1 aromatic heterocycles. The number of rotatable bonds is 7. The summed E-state index contributed by atoms with van der Waals surface area (Å²) in [5.41, 5.74) is 2.75. The van der Waals surface area contributed by atoms with Gasteiger partial charge in [-0.2, -0.15) is 0 Å². The molecule has 0 spiro atoms. The molecule has 1 heterocycles. The van der Waals surface area contributed by atoms with Crippen molar-refractivity contribution in [1.29, 1.82) is 0 Å². The number of benzene rings is 2. The summed E-state index contributed by atoms with van der Waals surface area (Å²) in [5, 5.41) is 3.75. The fraction of sp³-hybridized carbons (Fsp3) is 0.273. The smallest absolute Gasteiger partial charge is 0.253 e. The molecular weight excluding hydrogens is 356 g/mol. The molecule has 1 N–H and O–H groups in total. The SMILES string of the molecule is CCN(CC)C(=O)c1ccc(NC(=O)Cc2coc3cc(OC)ccc23)cc1. The molecule has 2 amide bonds. The van der Waals surface area contributed by atoms with Gasteiger partial charge in [-0.1, -0.05) is 0 Å². The molecule has 0 unspecified atom stereocenters. The highest BCUT2D eigenvalue weighted by Crippen LogP contribution is 2.26. The molecule has 0 saturated heterocycles. The summed E-state index contributed by atoms with van der Waals surface area (Å²) < 4.78 is 10.7. The normalized spacial score (nSPS) is 10.7. The number of amides is 2. The van der Waals surface area contributed by atoms with Gasteiger partial charge in [-0.25, -0.2) is 0 Å². The van der Waals surface area contributed by atoms with E-state index in [9.17, 15) is 9.59 Å². The Morgan fingerprint density at radius 3 is 2.43 bits per heavy atom. The van der Waals surface area contributed by atoms with Crippen LogP contribution in [0, 0.1) is 0 Å². The van der Waals surface area contributed by atoms with Crippen LogP contribution in [0.15, 0.2) is 53.1 Å². The maximum atomic E-state index is 12.4. The van der Waals surface area contributed by atoms with Crippen molar-refractivity contribution in [3.05, 3.63) is 59.9 Å². The second-order valence-corrected chi connectivity index (χ2v) is 6.40. The van der Waals surface area contributed by atoms with E-state index < -0.39 is 0 Å². The summed E-state index contributed by atoms with van der Waals surface area (Å²) in [5.74, 6) is 0.543. The van der Waals surface area contributed by atoms with Crippen molar-refractivity contribution in [2.45, 2.75) is 20.3 Å². The van der Waals surface area contributed by atoms with E-state index >= 15 is 0 Å². The van der Waals surface area contributed by atoms with E-state index in [-0.39, 0.29) is 18.2 Å². The number of hydrogen-bond donors (Lipinski definition) is 1. The summed E-state index contributed by atoms with van der Waals surface area (Å²) in [6.45, 7) is 5.23. The molecule has 0 radical (unpaired) electrons. The van der Waals surface area contributed by atoms with Crippen molar-refractivity contribution in [3.8, 4) is 5.75 Å². The summed E-state index contributed by atoms with van der Waals surface area (Å²) in [6.07, 6.45) is 1.79. The highest BCUT2D eigenvalue weighted by Gasteiger charge is 2.14. The average molecular weight is 380 g/mol. The number of fused-ring (bicyclic) bond motifs is 1. The van der Waals surface area contributed by atoms with Crippen LogP contribution in [-0.2, 0) is 11.2 Å². The van der Waals surface area contributed by atoms with Gasteiger partial charge in [0.1, 0.15) is 11.3 Å². The lowest BCUT2D eigenvalue weighted by Gasteiger charge is -2.18. The minimum absolute atomic E-state index is 0.0110. The van der Waals surface area contributed by atoms with Crippen molar-refractivity contribution in [2.75, 3.05) is 25.5 Å². The number of carbonyl (C=O) groups excluding carboxylic acids is 2. The van der Waals surface area contributed by atoms with Crippen LogP contribution in [0.2, 0.25) is 0 Å². The first kappa shape index (κ1) is 19.5. The lowest BCUT2D eigenvalue weighted by atomic mass is 10.1. The maximum Gasteiger partial charge on any atom is 0.253 e. The van der Waals surface area contributed by atoms with E-state index in [2.05, 4.69) is 5.32 Å². The predicted molar refractivity (Wildman–Crippen MR) is 109 cm³/mol. The van der Waals surface area contributed by atoms with Crippen LogP contribution in [0.1, 0.15) is 29.8 Å². The van der Waals surface area contributed by atoms with Gasteiger partial charge in [-0.05, 0) is 50.2 Å². The first-order valence-electron chi connectivity index (χ1n) is 9.29. The Bertz CT molecular complexity index is 972. The number of nitrogens with zero attached hydrogens (tertiary/aromatic N) is 1. The van der Waals surface area contributed by atoms with Crippen LogP contribution in [0.4, 0.5) is 5.69 Å². The number of ether oxygens (including phenoxy) is 1. The van der Waals surface area contributed by atoms with Gasteiger partial charge in [0, 0.05) is 41.4 Å². The number of carbonyl (C=O) groups is 2. The number of anilines is 1. The zero-order valence-corrected chi connectivity index (χ0v) is 16.3. The molecule has 0 aliphatic heterocycles. The second kappa shape index (κ2) is 8.61. The van der Waals surface area contributed by atoms with Gasteiger partial charge < -0.3 is 19.4 Å². The molecule has 6 nitrogen and oxygen atoms in total. The first-order chi connectivity index (χ1) is 13.5. The average Bonchev–Trinajstić information content (AvgIpc) is 3.11. The van der Waals surface area contributed by atoms with Gasteiger partial charge in [-0.15, -0.1) is 0 Å². The molecule has 0 aliphatic carbocycles. The minimum Gasteiger partial charge on any atom is -0.497 e. The van der Waals surface area contributed by atoms with Gasteiger partial charge in [0.15, 0.2) is 0 Å². The Morgan fingerprint density at radius 1 is 1.07 bits per heavy atom. The zero-order valence-electron chi connectivity index (χ0n) is 16.3. The minimum atomic E-state index is -0.152. The Morgan fingerprint density at radius 2 is 1.79 bits per heavy atom. The van der Waals surface area contributed by atoms with Crippen molar-refractivity contribution >= 4 is 28.5 Å². The molecule has 6 heteroatoms. The van der Waals surface area contributed by atoms with Gasteiger partial charge in [0.05, 0.1) is 19.8 Å². The molecule has 0 atom stereocenters. The van der Waals surface area contributed by atoms with Gasteiger partial charge in [0.25, 0.3) is 5.91 Å². The fourth-order valence-electron chi connectivity index (χ4n) is 3.10. The van der Waals surface area contributed by atoms with Gasteiger partial charge in [0.2, 0.25) is 5.91 Å². The number of methoxy groups -OCH3 is 1. The van der Waals surface area contributed by atoms with E-state index in [0.717, 1.165) is 10.9 Å². The fourth-order valence-corrected chi connectivity index (χ4v) is 3.10. The Kier molecular flexibility index (Phi) is 5.99.